The van der Waals surface area contributed by atoms with Gasteiger partial charge in [-0.15, -0.1) is 0 Å². The molecule has 0 aliphatic heterocycles. The van der Waals surface area contributed by atoms with Gasteiger partial charge < -0.3 is 5.32 Å². The van der Waals surface area contributed by atoms with E-state index in [1.165, 1.54) is 18.2 Å². The Bertz CT molecular complexity index is 768. The molecule has 0 heterocycles. The van der Waals surface area contributed by atoms with Crippen LogP contribution < -0.4 is 5.32 Å². The van der Waals surface area contributed by atoms with E-state index in [1.807, 2.05) is 6.07 Å². The number of anilines is 1. The topological polar surface area (TPSA) is 96.0 Å². The van der Waals surface area contributed by atoms with E-state index in [1.54, 1.807) is 18.2 Å². The van der Waals surface area contributed by atoms with Crippen molar-refractivity contribution in [2.75, 3.05) is 5.32 Å². The second-order valence-corrected chi connectivity index (χ2v) is 4.48. The highest BCUT2D eigenvalue weighted by molar-refractivity contribution is 6.34. The molecule has 0 aliphatic rings. The molecule has 0 saturated heterocycles. The molecule has 0 bridgehead atoms. The predicted molar refractivity (Wildman–Crippen MR) is 77.2 cm³/mol. The molecule has 7 heteroatoms. The summed E-state index contributed by atoms with van der Waals surface area (Å²) in [5, 5.41) is 22.2. The van der Waals surface area contributed by atoms with E-state index in [2.05, 4.69) is 5.32 Å². The van der Waals surface area contributed by atoms with E-state index in [4.69, 9.17) is 16.9 Å². The van der Waals surface area contributed by atoms with Crippen molar-refractivity contribution in [2.24, 2.45) is 0 Å². The number of halogens is 1. The Morgan fingerprint density at radius 3 is 2.71 bits per heavy atom. The minimum absolute atomic E-state index is 0.00627. The van der Waals surface area contributed by atoms with Crippen LogP contribution in [-0.2, 0) is 0 Å². The van der Waals surface area contributed by atoms with Gasteiger partial charge in [-0.2, -0.15) is 5.26 Å². The number of nitrogens with one attached hydrogen (secondary N) is 1. The van der Waals surface area contributed by atoms with E-state index in [-0.39, 0.29) is 16.3 Å². The van der Waals surface area contributed by atoms with Crippen LogP contribution in [0.1, 0.15) is 15.9 Å². The lowest BCUT2D eigenvalue weighted by molar-refractivity contribution is -0.384. The second-order valence-electron chi connectivity index (χ2n) is 4.07. The molecular formula is C14H8ClN3O3. The number of non-ortho nitro benzene ring substituents is 1. The van der Waals surface area contributed by atoms with Crippen LogP contribution in [-0.4, -0.2) is 10.8 Å². The summed E-state index contributed by atoms with van der Waals surface area (Å²) in [5.74, 6) is -0.584. The largest absolute Gasteiger partial charge is 0.322 e. The van der Waals surface area contributed by atoms with E-state index in [0.29, 0.717) is 11.3 Å². The highest BCUT2D eigenvalue weighted by Crippen LogP contribution is 2.23. The van der Waals surface area contributed by atoms with Crippen molar-refractivity contribution in [1.82, 2.24) is 0 Å². The van der Waals surface area contributed by atoms with Gasteiger partial charge in [0.2, 0.25) is 0 Å². The molecule has 0 radical (unpaired) electrons. The fourth-order valence-corrected chi connectivity index (χ4v) is 1.87. The summed E-state index contributed by atoms with van der Waals surface area (Å²) in [6.45, 7) is 0. The fourth-order valence-electron chi connectivity index (χ4n) is 1.67. The molecule has 0 unspecified atom stereocenters. The van der Waals surface area contributed by atoms with Crippen LogP contribution in [0.4, 0.5) is 11.4 Å². The molecule has 2 aromatic carbocycles. The SMILES string of the molecule is N#Cc1cccc(NC(=O)c2cc([N+](=O)[O-])ccc2Cl)c1. The molecule has 0 aliphatic carbocycles. The summed E-state index contributed by atoms with van der Waals surface area (Å²) in [6, 6.07) is 11.9. The number of nitro groups is 1. The van der Waals surface area contributed by atoms with Crippen LogP contribution in [0.25, 0.3) is 0 Å². The molecule has 6 nitrogen and oxygen atoms in total. The van der Waals surface area contributed by atoms with Crippen LogP contribution in [0.3, 0.4) is 0 Å². The first kappa shape index (κ1) is 14.5. The Hall–Kier alpha value is -2.91. The molecule has 0 atom stereocenters. The van der Waals surface area contributed by atoms with Crippen LogP contribution in [0, 0.1) is 21.4 Å². The first-order valence-electron chi connectivity index (χ1n) is 5.76. The van der Waals surface area contributed by atoms with Gasteiger partial charge in [-0.05, 0) is 24.3 Å². The van der Waals surface area contributed by atoms with Crippen molar-refractivity contribution in [3.63, 3.8) is 0 Å². The number of nitro benzene ring substituents is 1. The minimum Gasteiger partial charge on any atom is -0.322 e. The van der Waals surface area contributed by atoms with Crippen LogP contribution in [0.2, 0.25) is 5.02 Å². The maximum Gasteiger partial charge on any atom is 0.270 e. The van der Waals surface area contributed by atoms with Gasteiger partial charge in [0.15, 0.2) is 0 Å². The monoisotopic (exact) mass is 301 g/mol. The number of hydrogen-bond acceptors (Lipinski definition) is 4. The Morgan fingerprint density at radius 1 is 1.29 bits per heavy atom. The summed E-state index contributed by atoms with van der Waals surface area (Å²) in [7, 11) is 0. The van der Waals surface area contributed by atoms with Gasteiger partial charge in [-0.1, -0.05) is 17.7 Å². The zero-order valence-corrected chi connectivity index (χ0v) is 11.3. The van der Waals surface area contributed by atoms with Crippen molar-refractivity contribution in [2.45, 2.75) is 0 Å². The van der Waals surface area contributed by atoms with Crippen molar-refractivity contribution < 1.29 is 9.72 Å². The van der Waals surface area contributed by atoms with E-state index in [9.17, 15) is 14.9 Å². The van der Waals surface area contributed by atoms with Crippen LogP contribution >= 0.6 is 11.6 Å². The number of nitrogens with zero attached hydrogens (tertiary/aromatic N) is 2. The van der Waals surface area contributed by atoms with E-state index < -0.39 is 10.8 Å². The first-order chi connectivity index (χ1) is 10.0. The molecule has 2 rings (SSSR count). The van der Waals surface area contributed by atoms with Crippen LogP contribution in [0.15, 0.2) is 42.5 Å². The number of benzene rings is 2. The average molecular weight is 302 g/mol. The maximum absolute atomic E-state index is 12.1. The maximum atomic E-state index is 12.1. The summed E-state index contributed by atoms with van der Waals surface area (Å²) in [5.41, 5.74) is 0.558. The zero-order chi connectivity index (χ0) is 15.4. The standard InChI is InChI=1S/C14H8ClN3O3/c15-13-5-4-11(18(20)21)7-12(13)14(19)17-10-3-1-2-9(6-10)8-16/h1-7H,(H,17,19). The Kier molecular flexibility index (Phi) is 4.16. The highest BCUT2D eigenvalue weighted by Gasteiger charge is 2.16. The van der Waals surface area contributed by atoms with Gasteiger partial charge in [0.1, 0.15) is 0 Å². The number of amides is 1. The molecule has 1 N–H and O–H groups in total. The fraction of sp³-hybridized carbons (Fsp3) is 0. The molecule has 0 spiro atoms. The van der Waals surface area contributed by atoms with Gasteiger partial charge in [-0.25, -0.2) is 0 Å². The second kappa shape index (κ2) is 6.03. The van der Waals surface area contributed by atoms with Crippen molar-refractivity contribution in [1.29, 1.82) is 5.26 Å². The summed E-state index contributed by atoms with van der Waals surface area (Å²) < 4.78 is 0. The Labute approximate surface area is 124 Å². The molecule has 0 fully saturated rings. The van der Waals surface area contributed by atoms with E-state index in [0.717, 1.165) is 6.07 Å². The van der Waals surface area contributed by atoms with Crippen LogP contribution in [0.5, 0.6) is 0 Å². The highest BCUT2D eigenvalue weighted by atomic mass is 35.5. The van der Waals surface area contributed by atoms with E-state index >= 15 is 0 Å². The zero-order valence-electron chi connectivity index (χ0n) is 10.5. The molecule has 2 aromatic rings. The van der Waals surface area contributed by atoms with Crippen molar-refractivity contribution in [3.8, 4) is 6.07 Å². The Balaban J connectivity index is 2.30. The third kappa shape index (κ3) is 3.35. The van der Waals surface area contributed by atoms with Gasteiger partial charge >= 0.3 is 0 Å². The molecular weight excluding hydrogens is 294 g/mol. The lowest BCUT2D eigenvalue weighted by atomic mass is 10.1. The van der Waals surface area contributed by atoms with Crippen molar-refractivity contribution in [3.05, 3.63) is 68.7 Å². The molecule has 104 valence electrons. The molecule has 21 heavy (non-hydrogen) atoms. The summed E-state index contributed by atoms with van der Waals surface area (Å²) >= 11 is 5.88. The lowest BCUT2D eigenvalue weighted by Gasteiger charge is -2.07. The number of carbonyl (C=O) groups is 1. The molecule has 0 saturated carbocycles. The first-order valence-corrected chi connectivity index (χ1v) is 6.14. The van der Waals surface area contributed by atoms with Gasteiger partial charge in [-0.3, -0.25) is 14.9 Å². The Morgan fingerprint density at radius 2 is 2.05 bits per heavy atom. The minimum atomic E-state index is -0.608. The van der Waals surface area contributed by atoms with Crippen molar-refractivity contribution >= 4 is 28.9 Å². The third-order valence-electron chi connectivity index (χ3n) is 2.65. The number of nitriles is 1. The third-order valence-corrected chi connectivity index (χ3v) is 2.98. The normalized spacial score (nSPS) is 9.71. The quantitative estimate of drug-likeness (QED) is 0.694. The molecule has 1 amide bonds. The van der Waals surface area contributed by atoms with Gasteiger partial charge in [0.05, 0.1) is 27.1 Å². The average Bonchev–Trinajstić information content (AvgIpc) is 2.47. The van der Waals surface area contributed by atoms with Gasteiger partial charge in [0.25, 0.3) is 11.6 Å². The predicted octanol–water partition coefficient (Wildman–Crippen LogP) is 3.37. The molecule has 0 aromatic heterocycles. The summed E-state index contributed by atoms with van der Waals surface area (Å²) in [6.07, 6.45) is 0. The van der Waals surface area contributed by atoms with Gasteiger partial charge in [0, 0.05) is 17.8 Å². The lowest BCUT2D eigenvalue weighted by Crippen LogP contribution is -2.12. The number of hydrogen-bond donors (Lipinski definition) is 1. The summed E-state index contributed by atoms with van der Waals surface area (Å²) in [4.78, 5) is 22.2. The smallest absolute Gasteiger partial charge is 0.270 e. The number of carbonyl (C=O) groups excluding carboxylic acids is 1. The number of rotatable bonds is 3.